The van der Waals surface area contributed by atoms with Gasteiger partial charge in [0.1, 0.15) is 0 Å². The van der Waals surface area contributed by atoms with E-state index >= 15 is 0 Å². The largest absolute Gasteiger partial charge is 0.382 e. The number of nitrogens with one attached hydrogen (secondary N) is 2. The van der Waals surface area contributed by atoms with Crippen molar-refractivity contribution in [1.82, 2.24) is 10.6 Å². The minimum atomic E-state index is -3.71. The van der Waals surface area contributed by atoms with Crippen LogP contribution >= 0.6 is 0 Å². The zero-order valence-corrected chi connectivity index (χ0v) is 17.9. The van der Waals surface area contributed by atoms with E-state index in [1.54, 1.807) is 12.1 Å². The van der Waals surface area contributed by atoms with Crippen molar-refractivity contribution in [2.75, 3.05) is 26.3 Å². The van der Waals surface area contributed by atoms with Gasteiger partial charge in [-0.05, 0) is 56.2 Å². The third kappa shape index (κ3) is 7.07. The van der Waals surface area contributed by atoms with E-state index < -0.39 is 10.0 Å². The molecule has 1 aromatic rings. The molecule has 0 aromatic heterocycles. The van der Waals surface area contributed by atoms with Crippen LogP contribution in [0.15, 0.2) is 34.2 Å². The fraction of sp³-hybridized carbons (Fsp3) is 0.650. The molecule has 0 bridgehead atoms. The van der Waals surface area contributed by atoms with Gasteiger partial charge in [0.25, 0.3) is 0 Å². The van der Waals surface area contributed by atoms with Crippen LogP contribution in [0.25, 0.3) is 0 Å². The monoisotopic (exact) mass is 410 g/mol. The third-order valence-electron chi connectivity index (χ3n) is 5.27. The molecule has 0 radical (unpaired) electrons. The summed E-state index contributed by atoms with van der Waals surface area (Å²) >= 11 is 0. The first-order chi connectivity index (χ1) is 13.4. The van der Waals surface area contributed by atoms with Crippen LogP contribution in [0, 0.1) is 5.41 Å². The van der Waals surface area contributed by atoms with Crippen molar-refractivity contribution in [2.24, 2.45) is 15.5 Å². The lowest BCUT2D eigenvalue weighted by Crippen LogP contribution is -2.43. The van der Waals surface area contributed by atoms with Crippen LogP contribution in [-0.4, -0.2) is 40.7 Å². The summed E-state index contributed by atoms with van der Waals surface area (Å²) in [5.74, 6) is 0.742. The number of sulfonamides is 1. The van der Waals surface area contributed by atoms with E-state index in [-0.39, 0.29) is 10.3 Å². The molecule has 7 nitrogen and oxygen atoms in total. The van der Waals surface area contributed by atoms with Crippen LogP contribution in [0.4, 0.5) is 0 Å². The third-order valence-corrected chi connectivity index (χ3v) is 6.18. The summed E-state index contributed by atoms with van der Waals surface area (Å²) in [5, 5.41) is 12.0. The Labute approximate surface area is 169 Å². The van der Waals surface area contributed by atoms with Crippen molar-refractivity contribution in [3.05, 3.63) is 29.8 Å². The fourth-order valence-corrected chi connectivity index (χ4v) is 4.26. The number of guanidine groups is 1. The Hall–Kier alpha value is -1.64. The Balaban J connectivity index is 2.02. The molecule has 1 aliphatic carbocycles. The van der Waals surface area contributed by atoms with E-state index in [4.69, 9.17) is 9.88 Å². The van der Waals surface area contributed by atoms with Gasteiger partial charge >= 0.3 is 0 Å². The molecule has 0 amide bonds. The molecule has 0 spiro atoms. The maximum atomic E-state index is 11.5. The molecule has 0 heterocycles. The quantitative estimate of drug-likeness (QED) is 0.312. The highest BCUT2D eigenvalue weighted by Gasteiger charge is 2.33. The van der Waals surface area contributed by atoms with Gasteiger partial charge in [-0.2, -0.15) is 0 Å². The number of benzene rings is 1. The summed E-state index contributed by atoms with van der Waals surface area (Å²) in [4.78, 5) is 4.73. The summed E-state index contributed by atoms with van der Waals surface area (Å²) in [6.45, 7) is 7.61. The van der Waals surface area contributed by atoms with E-state index in [9.17, 15) is 8.42 Å². The number of hydrogen-bond acceptors (Lipinski definition) is 4. The molecule has 28 heavy (non-hydrogen) atoms. The second-order valence-corrected chi connectivity index (χ2v) is 8.96. The first kappa shape index (κ1) is 22.6. The summed E-state index contributed by atoms with van der Waals surface area (Å²) < 4.78 is 28.6. The predicted octanol–water partition coefficient (Wildman–Crippen LogP) is 2.38. The molecule has 4 N–H and O–H groups in total. The number of aliphatic imine (C=N–C) groups is 1. The highest BCUT2D eigenvalue weighted by molar-refractivity contribution is 7.89. The number of ether oxygens (including phenoxy) is 1. The number of hydrogen-bond donors (Lipinski definition) is 3. The average molecular weight is 411 g/mol. The van der Waals surface area contributed by atoms with Gasteiger partial charge in [-0.25, -0.2) is 18.5 Å². The van der Waals surface area contributed by atoms with Crippen LogP contribution in [0.3, 0.4) is 0 Å². The smallest absolute Gasteiger partial charge is 0.238 e. The van der Waals surface area contributed by atoms with Gasteiger partial charge in [-0.3, -0.25) is 0 Å². The van der Waals surface area contributed by atoms with Crippen molar-refractivity contribution in [3.63, 3.8) is 0 Å². The molecule has 158 valence electrons. The van der Waals surface area contributed by atoms with Crippen molar-refractivity contribution < 1.29 is 13.2 Å². The molecule has 0 atom stereocenters. The first-order valence-electron chi connectivity index (χ1n) is 10.1. The molecule has 1 fully saturated rings. The number of nitrogens with zero attached hydrogens (tertiary/aromatic N) is 1. The Kier molecular flexibility index (Phi) is 8.72. The van der Waals surface area contributed by atoms with E-state index in [2.05, 4.69) is 15.6 Å². The van der Waals surface area contributed by atoms with Gasteiger partial charge < -0.3 is 15.4 Å². The van der Waals surface area contributed by atoms with Crippen LogP contribution in [0.1, 0.15) is 51.5 Å². The Morgan fingerprint density at radius 3 is 2.64 bits per heavy atom. The van der Waals surface area contributed by atoms with E-state index in [1.165, 1.54) is 31.7 Å². The van der Waals surface area contributed by atoms with Crippen LogP contribution in [0.5, 0.6) is 0 Å². The molecule has 0 unspecified atom stereocenters. The van der Waals surface area contributed by atoms with Gasteiger partial charge in [0.05, 0.1) is 11.4 Å². The molecule has 1 aliphatic rings. The molecular formula is C20H34N4O3S. The highest BCUT2D eigenvalue weighted by Crippen LogP contribution is 2.40. The van der Waals surface area contributed by atoms with E-state index in [0.29, 0.717) is 6.54 Å². The van der Waals surface area contributed by atoms with Crippen molar-refractivity contribution in [1.29, 1.82) is 0 Å². The number of rotatable bonds is 10. The molecule has 2 rings (SSSR count). The summed E-state index contributed by atoms with van der Waals surface area (Å²) in [7, 11) is -3.71. The Morgan fingerprint density at radius 2 is 2.00 bits per heavy atom. The molecule has 1 aromatic carbocycles. The Morgan fingerprint density at radius 1 is 1.25 bits per heavy atom. The van der Waals surface area contributed by atoms with Crippen molar-refractivity contribution in [3.8, 4) is 0 Å². The predicted molar refractivity (Wildman–Crippen MR) is 113 cm³/mol. The maximum absolute atomic E-state index is 11.5. The lowest BCUT2D eigenvalue weighted by atomic mass is 9.83. The van der Waals surface area contributed by atoms with Gasteiger partial charge in [0, 0.05) is 26.3 Å². The fourth-order valence-electron chi connectivity index (χ4n) is 3.68. The molecular weight excluding hydrogens is 376 g/mol. The number of primary sulfonamides is 1. The first-order valence-corrected chi connectivity index (χ1v) is 11.6. The summed E-state index contributed by atoms with van der Waals surface area (Å²) in [6, 6.07) is 6.60. The van der Waals surface area contributed by atoms with Gasteiger partial charge in [-0.15, -0.1) is 0 Å². The molecule has 0 saturated heterocycles. The van der Waals surface area contributed by atoms with E-state index in [0.717, 1.165) is 44.2 Å². The minimum Gasteiger partial charge on any atom is -0.382 e. The molecule has 0 aliphatic heterocycles. The highest BCUT2D eigenvalue weighted by atomic mass is 32.2. The normalized spacial score (nSPS) is 16.9. The van der Waals surface area contributed by atoms with Crippen molar-refractivity contribution >= 4 is 16.0 Å². The SMILES string of the molecule is CCNC(=NCc1cccc(S(N)(=O)=O)c1)NCC1(CCOCC)CCCC1. The lowest BCUT2D eigenvalue weighted by molar-refractivity contribution is 0.105. The number of nitrogens with two attached hydrogens (primary N) is 1. The minimum absolute atomic E-state index is 0.110. The zero-order valence-electron chi connectivity index (χ0n) is 17.0. The topological polar surface area (TPSA) is 106 Å². The standard InChI is InChI=1S/C20H34N4O3S/c1-3-22-19(23-15-17-8-7-9-18(14-17)28(21,25)26)24-16-20(10-5-6-11-20)12-13-27-4-2/h7-9,14H,3-6,10-13,15-16H2,1-2H3,(H2,21,25,26)(H2,22,23,24). The van der Waals surface area contributed by atoms with Gasteiger partial charge in [0.2, 0.25) is 10.0 Å². The van der Waals surface area contributed by atoms with Crippen LogP contribution in [0.2, 0.25) is 0 Å². The van der Waals surface area contributed by atoms with Crippen LogP contribution in [-0.2, 0) is 21.3 Å². The molecule has 8 heteroatoms. The molecule has 1 saturated carbocycles. The van der Waals surface area contributed by atoms with Gasteiger partial charge in [0.15, 0.2) is 5.96 Å². The second-order valence-electron chi connectivity index (χ2n) is 7.40. The maximum Gasteiger partial charge on any atom is 0.238 e. The summed E-state index contributed by atoms with van der Waals surface area (Å²) in [6.07, 6.45) is 6.01. The second kappa shape index (κ2) is 10.8. The Bertz CT molecular complexity index is 744. The van der Waals surface area contributed by atoms with Crippen molar-refractivity contribution in [2.45, 2.75) is 57.4 Å². The zero-order chi connectivity index (χ0) is 20.5. The van der Waals surface area contributed by atoms with Crippen LogP contribution < -0.4 is 15.8 Å². The average Bonchev–Trinajstić information content (AvgIpc) is 3.13. The summed E-state index contributed by atoms with van der Waals surface area (Å²) in [5.41, 5.74) is 1.06. The lowest BCUT2D eigenvalue weighted by Gasteiger charge is -2.30. The van der Waals surface area contributed by atoms with Gasteiger partial charge in [-0.1, -0.05) is 25.0 Å². The van der Waals surface area contributed by atoms with E-state index in [1.807, 2.05) is 19.9 Å².